The van der Waals surface area contributed by atoms with E-state index in [0.717, 1.165) is 60.3 Å². The SMILES string of the molecule is O=C(c1n[nH]c2c1CCCC2)N1CCc2[nH]cnc2C1c1cccnc1. The predicted octanol–water partition coefficient (Wildman–Crippen LogP) is 2.19. The minimum absolute atomic E-state index is 0.0214. The molecule has 0 bridgehead atoms. The van der Waals surface area contributed by atoms with Crippen LogP contribution in [0.3, 0.4) is 0 Å². The van der Waals surface area contributed by atoms with Crippen molar-refractivity contribution in [3.63, 3.8) is 0 Å². The summed E-state index contributed by atoms with van der Waals surface area (Å²) in [6, 6.07) is 3.67. The van der Waals surface area contributed by atoms with Gasteiger partial charge in [-0.2, -0.15) is 5.10 Å². The van der Waals surface area contributed by atoms with E-state index >= 15 is 0 Å². The third-order valence-corrected chi connectivity index (χ3v) is 5.44. The van der Waals surface area contributed by atoms with Crippen LogP contribution in [-0.2, 0) is 19.3 Å². The van der Waals surface area contributed by atoms with E-state index in [9.17, 15) is 4.79 Å². The van der Waals surface area contributed by atoms with Gasteiger partial charge in [-0.15, -0.1) is 0 Å². The summed E-state index contributed by atoms with van der Waals surface area (Å²) in [6.45, 7) is 0.634. The summed E-state index contributed by atoms with van der Waals surface area (Å²) >= 11 is 0. The first-order chi connectivity index (χ1) is 12.8. The molecule has 0 fully saturated rings. The zero-order chi connectivity index (χ0) is 17.5. The summed E-state index contributed by atoms with van der Waals surface area (Å²) in [7, 11) is 0. The van der Waals surface area contributed by atoms with Gasteiger partial charge in [-0.1, -0.05) is 6.07 Å². The molecule has 4 heterocycles. The molecule has 0 saturated carbocycles. The van der Waals surface area contributed by atoms with Gasteiger partial charge in [0.15, 0.2) is 5.69 Å². The molecule has 0 radical (unpaired) electrons. The maximum Gasteiger partial charge on any atom is 0.275 e. The second-order valence-corrected chi connectivity index (χ2v) is 6.94. The van der Waals surface area contributed by atoms with E-state index < -0.39 is 0 Å². The van der Waals surface area contributed by atoms with E-state index in [-0.39, 0.29) is 11.9 Å². The monoisotopic (exact) mass is 348 g/mol. The van der Waals surface area contributed by atoms with E-state index in [1.807, 2.05) is 23.2 Å². The Kier molecular flexibility index (Phi) is 3.58. The number of H-pyrrole nitrogens is 2. The van der Waals surface area contributed by atoms with Crippen LogP contribution in [-0.4, -0.2) is 42.5 Å². The standard InChI is InChI=1S/C19H20N6O/c26-19(16-13-5-1-2-6-14(13)23-24-16)25-9-7-15-17(22-11-21-15)18(25)12-4-3-8-20-10-12/h3-4,8,10-11,18H,1-2,5-7,9H2,(H,21,22)(H,23,24). The lowest BCUT2D eigenvalue weighted by Gasteiger charge is -2.35. The van der Waals surface area contributed by atoms with E-state index in [2.05, 4.69) is 25.1 Å². The largest absolute Gasteiger partial charge is 0.348 e. The van der Waals surface area contributed by atoms with Gasteiger partial charge in [0, 0.05) is 42.3 Å². The fraction of sp³-hybridized carbons (Fsp3) is 0.368. The minimum atomic E-state index is -0.234. The Bertz CT molecular complexity index is 944. The number of fused-ring (bicyclic) bond motifs is 2. The topological polar surface area (TPSA) is 90.6 Å². The number of carbonyl (C=O) groups is 1. The van der Waals surface area contributed by atoms with Crippen molar-refractivity contribution in [2.24, 2.45) is 0 Å². The molecular formula is C19H20N6O. The Morgan fingerprint density at radius 2 is 2.12 bits per heavy atom. The van der Waals surface area contributed by atoms with Crippen LogP contribution < -0.4 is 0 Å². The highest BCUT2D eigenvalue weighted by Crippen LogP contribution is 2.34. The summed E-state index contributed by atoms with van der Waals surface area (Å²) in [5.41, 5.74) is 5.76. The zero-order valence-corrected chi connectivity index (χ0v) is 14.4. The van der Waals surface area contributed by atoms with Crippen LogP contribution in [0.2, 0.25) is 0 Å². The summed E-state index contributed by atoms with van der Waals surface area (Å²) in [5, 5.41) is 7.47. The van der Waals surface area contributed by atoms with E-state index in [1.54, 1.807) is 12.5 Å². The lowest BCUT2D eigenvalue weighted by Crippen LogP contribution is -2.41. The third kappa shape index (κ3) is 2.34. The number of nitrogens with one attached hydrogen (secondary N) is 2. The van der Waals surface area contributed by atoms with Crippen LogP contribution in [0.4, 0.5) is 0 Å². The Hall–Kier alpha value is -2.96. The lowest BCUT2D eigenvalue weighted by molar-refractivity contribution is 0.0683. The predicted molar refractivity (Wildman–Crippen MR) is 94.6 cm³/mol. The molecule has 132 valence electrons. The van der Waals surface area contributed by atoms with Crippen LogP contribution >= 0.6 is 0 Å². The Morgan fingerprint density at radius 3 is 3.00 bits per heavy atom. The molecule has 7 heteroatoms. The third-order valence-electron chi connectivity index (χ3n) is 5.44. The van der Waals surface area contributed by atoms with Crippen LogP contribution in [0.5, 0.6) is 0 Å². The molecule has 2 N–H and O–H groups in total. The Balaban J connectivity index is 1.57. The van der Waals surface area contributed by atoms with Crippen molar-refractivity contribution < 1.29 is 4.79 Å². The van der Waals surface area contributed by atoms with Gasteiger partial charge >= 0.3 is 0 Å². The van der Waals surface area contributed by atoms with Crippen molar-refractivity contribution in [3.05, 3.63) is 64.8 Å². The second-order valence-electron chi connectivity index (χ2n) is 6.94. The number of pyridine rings is 1. The molecule has 1 aliphatic carbocycles. The molecule has 0 aromatic carbocycles. The fourth-order valence-corrected chi connectivity index (χ4v) is 4.16. The van der Waals surface area contributed by atoms with Crippen LogP contribution in [0.15, 0.2) is 30.9 Å². The first-order valence-corrected chi connectivity index (χ1v) is 9.12. The number of aromatic amines is 2. The lowest BCUT2D eigenvalue weighted by atomic mass is 9.93. The average molecular weight is 348 g/mol. The van der Waals surface area contributed by atoms with E-state index in [4.69, 9.17) is 0 Å². The summed E-state index contributed by atoms with van der Waals surface area (Å²) in [5.74, 6) is -0.0214. The number of hydrogen-bond donors (Lipinski definition) is 2. The van der Waals surface area contributed by atoms with Crippen molar-refractivity contribution in [2.45, 2.75) is 38.1 Å². The van der Waals surface area contributed by atoms with Crippen molar-refractivity contribution in [1.29, 1.82) is 0 Å². The number of imidazole rings is 1. The number of hydrogen-bond acceptors (Lipinski definition) is 4. The summed E-state index contributed by atoms with van der Waals surface area (Å²) in [6.07, 6.45) is 10.2. The smallest absolute Gasteiger partial charge is 0.275 e. The first-order valence-electron chi connectivity index (χ1n) is 9.12. The average Bonchev–Trinajstić information content (AvgIpc) is 3.34. The summed E-state index contributed by atoms with van der Waals surface area (Å²) in [4.78, 5) is 27.3. The Labute approximate surface area is 150 Å². The van der Waals surface area contributed by atoms with Gasteiger partial charge in [0.25, 0.3) is 5.91 Å². The van der Waals surface area contributed by atoms with Crippen LogP contribution in [0, 0.1) is 0 Å². The van der Waals surface area contributed by atoms with Gasteiger partial charge in [0.1, 0.15) is 6.04 Å². The molecule has 7 nitrogen and oxygen atoms in total. The van der Waals surface area contributed by atoms with Crippen molar-refractivity contribution >= 4 is 5.91 Å². The highest BCUT2D eigenvalue weighted by Gasteiger charge is 2.36. The van der Waals surface area contributed by atoms with Crippen molar-refractivity contribution in [2.75, 3.05) is 6.54 Å². The van der Waals surface area contributed by atoms with E-state index in [0.29, 0.717) is 12.2 Å². The number of aryl methyl sites for hydroxylation is 1. The quantitative estimate of drug-likeness (QED) is 0.743. The number of carbonyl (C=O) groups excluding carboxylic acids is 1. The molecule has 0 spiro atoms. The van der Waals surface area contributed by atoms with E-state index in [1.165, 1.54) is 0 Å². The molecule has 1 unspecified atom stereocenters. The zero-order valence-electron chi connectivity index (χ0n) is 14.4. The maximum absolute atomic E-state index is 13.4. The Morgan fingerprint density at radius 1 is 1.19 bits per heavy atom. The van der Waals surface area contributed by atoms with Crippen LogP contribution in [0.1, 0.15) is 57.6 Å². The molecule has 26 heavy (non-hydrogen) atoms. The highest BCUT2D eigenvalue weighted by atomic mass is 16.2. The molecule has 0 saturated heterocycles. The van der Waals surface area contributed by atoms with Crippen LogP contribution in [0.25, 0.3) is 0 Å². The van der Waals surface area contributed by atoms with Gasteiger partial charge in [0.05, 0.1) is 12.0 Å². The number of aromatic nitrogens is 5. The fourth-order valence-electron chi connectivity index (χ4n) is 4.16. The molecular weight excluding hydrogens is 328 g/mol. The van der Waals surface area contributed by atoms with Gasteiger partial charge in [0.2, 0.25) is 0 Å². The van der Waals surface area contributed by atoms with Gasteiger partial charge in [-0.25, -0.2) is 4.98 Å². The molecule has 1 amide bonds. The molecule has 2 aliphatic rings. The number of rotatable bonds is 2. The van der Waals surface area contributed by atoms with Crippen molar-refractivity contribution in [1.82, 2.24) is 30.0 Å². The van der Waals surface area contributed by atoms with Gasteiger partial charge in [-0.3, -0.25) is 14.9 Å². The number of nitrogens with zero attached hydrogens (tertiary/aromatic N) is 4. The highest BCUT2D eigenvalue weighted by molar-refractivity contribution is 5.94. The maximum atomic E-state index is 13.4. The molecule has 3 aromatic rings. The minimum Gasteiger partial charge on any atom is -0.348 e. The van der Waals surface area contributed by atoms with Gasteiger partial charge in [-0.05, 0) is 37.3 Å². The second kappa shape index (κ2) is 6.09. The summed E-state index contributed by atoms with van der Waals surface area (Å²) < 4.78 is 0. The molecule has 1 atom stereocenters. The normalized spacial score (nSPS) is 19.1. The molecule has 1 aliphatic heterocycles. The number of amides is 1. The van der Waals surface area contributed by atoms with Crippen molar-refractivity contribution in [3.8, 4) is 0 Å². The molecule has 5 rings (SSSR count). The molecule has 3 aromatic heterocycles. The van der Waals surface area contributed by atoms with Gasteiger partial charge < -0.3 is 9.88 Å². The first kappa shape index (κ1) is 15.3.